The first-order valence-electron chi connectivity index (χ1n) is 8.57. The predicted molar refractivity (Wildman–Crippen MR) is 98.7 cm³/mol. The van der Waals surface area contributed by atoms with Crippen LogP contribution in [0, 0.1) is 0 Å². The van der Waals surface area contributed by atoms with Crippen LogP contribution in [-0.4, -0.2) is 67.4 Å². The molecule has 8 heteroatoms. The molecule has 0 aromatic carbocycles. The highest BCUT2D eigenvalue weighted by Crippen LogP contribution is 2.24. The van der Waals surface area contributed by atoms with Crippen LogP contribution in [0.5, 0.6) is 0 Å². The average molecular weight is 361 g/mol. The maximum Gasteiger partial charge on any atom is 0.227 e. The number of morpholine rings is 1. The van der Waals surface area contributed by atoms with Crippen LogP contribution in [0.4, 0.5) is 17.6 Å². The molecule has 2 aliphatic rings. The van der Waals surface area contributed by atoms with Gasteiger partial charge in [0.1, 0.15) is 11.6 Å². The Balaban J connectivity index is 1.43. The molecule has 0 aliphatic carbocycles. The second-order valence-corrected chi connectivity index (χ2v) is 6.50. The van der Waals surface area contributed by atoms with Crippen LogP contribution < -0.4 is 14.7 Å². The van der Waals surface area contributed by atoms with Gasteiger partial charge in [0, 0.05) is 51.7 Å². The number of halogens is 1. The lowest BCUT2D eigenvalue weighted by Crippen LogP contribution is -2.47. The lowest BCUT2D eigenvalue weighted by molar-refractivity contribution is 0.122. The first-order valence-corrected chi connectivity index (χ1v) is 8.95. The third-order valence-corrected chi connectivity index (χ3v) is 4.86. The van der Waals surface area contributed by atoms with Gasteiger partial charge in [0.2, 0.25) is 5.95 Å². The second-order valence-electron chi connectivity index (χ2n) is 6.10. The zero-order chi connectivity index (χ0) is 17.1. The van der Waals surface area contributed by atoms with Crippen molar-refractivity contribution in [2.75, 3.05) is 67.2 Å². The minimum atomic E-state index is 0.696. The van der Waals surface area contributed by atoms with Crippen molar-refractivity contribution in [2.45, 2.75) is 0 Å². The van der Waals surface area contributed by atoms with Gasteiger partial charge < -0.3 is 19.4 Å². The van der Waals surface area contributed by atoms with E-state index in [0.29, 0.717) is 5.02 Å². The van der Waals surface area contributed by atoms with Crippen molar-refractivity contribution < 1.29 is 4.74 Å². The van der Waals surface area contributed by atoms with E-state index < -0.39 is 0 Å². The van der Waals surface area contributed by atoms with Gasteiger partial charge in [-0.2, -0.15) is 4.98 Å². The molecule has 0 N–H and O–H groups in total. The number of rotatable bonds is 3. The highest BCUT2D eigenvalue weighted by atomic mass is 35.5. The van der Waals surface area contributed by atoms with Gasteiger partial charge in [-0.05, 0) is 18.2 Å². The van der Waals surface area contributed by atoms with Gasteiger partial charge in [-0.3, -0.25) is 0 Å². The number of nitrogens with zero attached hydrogens (tertiary/aromatic N) is 6. The fourth-order valence-corrected chi connectivity index (χ4v) is 3.43. The predicted octanol–water partition coefficient (Wildman–Crippen LogP) is 1.69. The molecule has 0 atom stereocenters. The van der Waals surface area contributed by atoms with Crippen molar-refractivity contribution in [1.29, 1.82) is 0 Å². The summed E-state index contributed by atoms with van der Waals surface area (Å²) in [6.45, 7) is 6.65. The van der Waals surface area contributed by atoms with Crippen LogP contribution in [0.2, 0.25) is 5.02 Å². The molecule has 25 heavy (non-hydrogen) atoms. The summed E-state index contributed by atoms with van der Waals surface area (Å²) < 4.78 is 5.41. The molecule has 2 aromatic rings. The molecule has 0 amide bonds. The largest absolute Gasteiger partial charge is 0.378 e. The SMILES string of the molecule is Clc1cccnc1N1CCN(c2nccc(N3CCOCC3)n2)CC1. The van der Waals surface area contributed by atoms with Crippen molar-refractivity contribution in [3.05, 3.63) is 35.6 Å². The van der Waals surface area contributed by atoms with Crippen molar-refractivity contribution >= 4 is 29.2 Å². The minimum Gasteiger partial charge on any atom is -0.378 e. The van der Waals surface area contributed by atoms with Crippen molar-refractivity contribution in [1.82, 2.24) is 15.0 Å². The van der Waals surface area contributed by atoms with E-state index in [9.17, 15) is 0 Å². The second kappa shape index (κ2) is 7.41. The number of pyridine rings is 1. The molecule has 0 unspecified atom stereocenters. The number of aromatic nitrogens is 3. The van der Waals surface area contributed by atoms with E-state index in [4.69, 9.17) is 21.3 Å². The van der Waals surface area contributed by atoms with Crippen LogP contribution in [0.3, 0.4) is 0 Å². The molecule has 0 radical (unpaired) electrons. The van der Waals surface area contributed by atoms with E-state index in [1.165, 1.54) is 0 Å². The number of anilines is 3. The Bertz CT molecular complexity index is 716. The number of ether oxygens (including phenoxy) is 1. The van der Waals surface area contributed by atoms with E-state index in [0.717, 1.165) is 70.1 Å². The van der Waals surface area contributed by atoms with Gasteiger partial charge >= 0.3 is 0 Å². The Hall–Kier alpha value is -2.12. The molecular weight excluding hydrogens is 340 g/mol. The maximum atomic E-state index is 6.26. The lowest BCUT2D eigenvalue weighted by atomic mass is 10.3. The first kappa shape index (κ1) is 16.4. The van der Waals surface area contributed by atoms with Gasteiger partial charge in [0.15, 0.2) is 0 Å². The summed E-state index contributed by atoms with van der Waals surface area (Å²) in [5, 5.41) is 0.696. The fraction of sp³-hybridized carbons (Fsp3) is 0.471. The number of hydrogen-bond acceptors (Lipinski definition) is 7. The van der Waals surface area contributed by atoms with E-state index in [2.05, 4.69) is 24.7 Å². The molecule has 0 bridgehead atoms. The molecule has 4 heterocycles. The molecular formula is C17H21ClN6O. The van der Waals surface area contributed by atoms with Gasteiger partial charge in [-0.1, -0.05) is 11.6 Å². The van der Waals surface area contributed by atoms with E-state index in [1.807, 2.05) is 24.4 Å². The monoisotopic (exact) mass is 360 g/mol. The summed E-state index contributed by atoms with van der Waals surface area (Å²) in [5.74, 6) is 2.62. The summed E-state index contributed by atoms with van der Waals surface area (Å²) >= 11 is 6.26. The Morgan fingerprint density at radius 3 is 2.36 bits per heavy atom. The van der Waals surface area contributed by atoms with Crippen molar-refractivity contribution in [2.24, 2.45) is 0 Å². The van der Waals surface area contributed by atoms with Gasteiger partial charge in [0.05, 0.1) is 18.2 Å². The van der Waals surface area contributed by atoms with Crippen LogP contribution in [0.15, 0.2) is 30.6 Å². The molecule has 2 aromatic heterocycles. The smallest absolute Gasteiger partial charge is 0.227 e. The van der Waals surface area contributed by atoms with Gasteiger partial charge in [-0.25, -0.2) is 9.97 Å². The summed E-state index contributed by atoms with van der Waals surface area (Å²) in [7, 11) is 0. The molecule has 4 rings (SSSR count). The topological polar surface area (TPSA) is 57.6 Å². The zero-order valence-electron chi connectivity index (χ0n) is 14.0. The minimum absolute atomic E-state index is 0.696. The molecule has 132 valence electrons. The summed E-state index contributed by atoms with van der Waals surface area (Å²) in [6, 6.07) is 5.71. The first-order chi connectivity index (χ1) is 12.3. The summed E-state index contributed by atoms with van der Waals surface area (Å²) in [4.78, 5) is 20.3. The van der Waals surface area contributed by atoms with Crippen LogP contribution in [0.1, 0.15) is 0 Å². The Morgan fingerprint density at radius 1 is 0.840 bits per heavy atom. The molecule has 7 nitrogen and oxygen atoms in total. The molecule has 2 fully saturated rings. The third-order valence-electron chi connectivity index (χ3n) is 4.56. The van der Waals surface area contributed by atoms with Crippen LogP contribution in [0.25, 0.3) is 0 Å². The number of hydrogen-bond donors (Lipinski definition) is 0. The molecule has 2 saturated heterocycles. The standard InChI is InChI=1S/C17H21ClN6O/c18-14-2-1-4-19-16(14)23-6-8-24(9-7-23)17-20-5-3-15(21-17)22-10-12-25-13-11-22/h1-5H,6-13H2. The molecule has 2 aliphatic heterocycles. The quantitative estimate of drug-likeness (QED) is 0.825. The zero-order valence-corrected chi connectivity index (χ0v) is 14.8. The van der Waals surface area contributed by atoms with Gasteiger partial charge in [0.25, 0.3) is 0 Å². The Kier molecular flexibility index (Phi) is 4.85. The van der Waals surface area contributed by atoms with Crippen LogP contribution >= 0.6 is 11.6 Å². The number of piperazine rings is 1. The van der Waals surface area contributed by atoms with E-state index >= 15 is 0 Å². The Morgan fingerprint density at radius 2 is 1.60 bits per heavy atom. The lowest BCUT2D eigenvalue weighted by Gasteiger charge is -2.36. The van der Waals surface area contributed by atoms with Crippen molar-refractivity contribution in [3.8, 4) is 0 Å². The highest BCUT2D eigenvalue weighted by Gasteiger charge is 2.22. The van der Waals surface area contributed by atoms with E-state index in [-0.39, 0.29) is 0 Å². The summed E-state index contributed by atoms with van der Waals surface area (Å²) in [5.41, 5.74) is 0. The third kappa shape index (κ3) is 3.62. The normalized spacial score (nSPS) is 18.5. The fourth-order valence-electron chi connectivity index (χ4n) is 3.19. The van der Waals surface area contributed by atoms with Crippen LogP contribution in [-0.2, 0) is 4.74 Å². The van der Waals surface area contributed by atoms with Crippen molar-refractivity contribution in [3.63, 3.8) is 0 Å². The van der Waals surface area contributed by atoms with Gasteiger partial charge in [-0.15, -0.1) is 0 Å². The Labute approximate surface area is 152 Å². The van der Waals surface area contributed by atoms with E-state index in [1.54, 1.807) is 6.20 Å². The molecule has 0 spiro atoms. The maximum absolute atomic E-state index is 6.26. The molecule has 0 saturated carbocycles. The highest BCUT2D eigenvalue weighted by molar-refractivity contribution is 6.32. The average Bonchev–Trinajstić information content (AvgIpc) is 2.69. The summed E-state index contributed by atoms with van der Waals surface area (Å²) in [6.07, 6.45) is 3.62.